The second kappa shape index (κ2) is 9.62. The predicted molar refractivity (Wildman–Crippen MR) is 125 cm³/mol. The molecule has 3 rings (SSSR count). The van der Waals surface area contributed by atoms with Crippen LogP contribution in [0.2, 0.25) is 0 Å². The van der Waals surface area contributed by atoms with Crippen molar-refractivity contribution in [3.8, 4) is 0 Å². The Balaban J connectivity index is 1.70. The molecule has 31 heavy (non-hydrogen) atoms. The topological polar surface area (TPSA) is 38.0 Å². The summed E-state index contributed by atoms with van der Waals surface area (Å²) < 4.78 is 26.9. The van der Waals surface area contributed by atoms with E-state index in [1.807, 2.05) is 0 Å². The van der Waals surface area contributed by atoms with E-state index in [9.17, 15) is 8.78 Å². The van der Waals surface area contributed by atoms with Gasteiger partial charge in [0.15, 0.2) is 0 Å². The summed E-state index contributed by atoms with van der Waals surface area (Å²) in [7, 11) is 0. The summed E-state index contributed by atoms with van der Waals surface area (Å²) >= 11 is 0. The Morgan fingerprint density at radius 3 is 2.32 bits per heavy atom. The molecule has 1 fully saturated rings. The van der Waals surface area contributed by atoms with Gasteiger partial charge in [-0.05, 0) is 79.3 Å². The van der Waals surface area contributed by atoms with Crippen LogP contribution >= 0.6 is 0 Å². The molecule has 0 saturated heterocycles. The Morgan fingerprint density at radius 2 is 1.71 bits per heavy atom. The van der Waals surface area contributed by atoms with Crippen molar-refractivity contribution in [2.75, 3.05) is 6.54 Å². The first-order chi connectivity index (χ1) is 14.6. The number of nitrogens with one attached hydrogen (secondary N) is 1. The van der Waals surface area contributed by atoms with Gasteiger partial charge in [-0.1, -0.05) is 57.2 Å². The average molecular weight is 427 g/mol. The van der Waals surface area contributed by atoms with Crippen molar-refractivity contribution < 1.29 is 8.78 Å². The fourth-order valence-electron chi connectivity index (χ4n) is 4.51. The Labute approximate surface area is 185 Å². The van der Waals surface area contributed by atoms with E-state index in [0.717, 1.165) is 44.7 Å². The van der Waals surface area contributed by atoms with E-state index >= 15 is 0 Å². The molecule has 2 aromatic rings. The number of halogens is 2. The Hall–Kier alpha value is -2.04. The third kappa shape index (κ3) is 6.24. The fourth-order valence-corrected chi connectivity index (χ4v) is 4.51. The van der Waals surface area contributed by atoms with Crippen LogP contribution in [0.1, 0.15) is 69.6 Å². The molecule has 0 radical (unpaired) electrons. The van der Waals surface area contributed by atoms with Crippen LogP contribution in [0, 0.1) is 11.6 Å². The highest BCUT2D eigenvalue weighted by atomic mass is 19.1. The van der Waals surface area contributed by atoms with Crippen LogP contribution in [-0.4, -0.2) is 12.6 Å². The summed E-state index contributed by atoms with van der Waals surface area (Å²) in [6.07, 6.45) is 5.26. The molecule has 0 bridgehead atoms. The molecule has 0 spiro atoms. The number of rotatable bonds is 7. The summed E-state index contributed by atoms with van der Waals surface area (Å²) in [5.41, 5.74) is 10.9. The molecule has 3 N–H and O–H groups in total. The minimum Gasteiger partial charge on any atom is -0.327 e. The lowest BCUT2D eigenvalue weighted by Crippen LogP contribution is -2.46. The predicted octanol–water partition coefficient (Wildman–Crippen LogP) is 6.14. The van der Waals surface area contributed by atoms with Crippen LogP contribution < -0.4 is 11.1 Å². The first-order valence-electron chi connectivity index (χ1n) is 11.3. The molecule has 0 heterocycles. The van der Waals surface area contributed by atoms with Crippen LogP contribution in [-0.2, 0) is 17.4 Å². The second-order valence-electron chi connectivity index (χ2n) is 10.1. The van der Waals surface area contributed by atoms with Crippen molar-refractivity contribution in [1.29, 1.82) is 0 Å². The van der Waals surface area contributed by atoms with E-state index in [-0.39, 0.29) is 17.0 Å². The third-order valence-electron chi connectivity index (χ3n) is 6.49. The molecular weight excluding hydrogens is 390 g/mol. The molecule has 1 unspecified atom stereocenters. The van der Waals surface area contributed by atoms with E-state index < -0.39 is 11.6 Å². The lowest BCUT2D eigenvalue weighted by Gasteiger charge is -2.40. The van der Waals surface area contributed by atoms with Gasteiger partial charge in [0, 0.05) is 17.6 Å². The van der Waals surface area contributed by atoms with Crippen molar-refractivity contribution in [3.05, 3.63) is 82.9 Å². The molecule has 168 valence electrons. The van der Waals surface area contributed by atoms with Gasteiger partial charge in [0.1, 0.15) is 11.6 Å². The van der Waals surface area contributed by atoms with Gasteiger partial charge in [0.05, 0.1) is 0 Å². The van der Waals surface area contributed by atoms with Gasteiger partial charge in [0.25, 0.3) is 0 Å². The van der Waals surface area contributed by atoms with E-state index in [0.29, 0.717) is 12.0 Å². The standard InChI is InChI=1S/C27H36F2N2/c1-19-8-11-27(12-9-19,22-7-5-6-21(17-22)26(2,3)4)31-13-10-25(30)16-20-14-23(28)18-24(29)15-20/h5-7,14-15,17-18,25,31H,1,8-13,16,30H2,2-4H3. The van der Waals surface area contributed by atoms with Crippen molar-refractivity contribution >= 4 is 0 Å². The summed E-state index contributed by atoms with van der Waals surface area (Å²) in [4.78, 5) is 0. The first kappa shape index (κ1) is 23.6. The van der Waals surface area contributed by atoms with Crippen LogP contribution in [0.15, 0.2) is 54.6 Å². The molecule has 2 nitrogen and oxygen atoms in total. The molecule has 1 saturated carbocycles. The Morgan fingerprint density at radius 1 is 1.06 bits per heavy atom. The normalized spacial score (nSPS) is 17.5. The summed E-state index contributed by atoms with van der Waals surface area (Å²) in [6.45, 7) is 11.7. The zero-order valence-corrected chi connectivity index (χ0v) is 19.1. The quantitative estimate of drug-likeness (QED) is 0.522. The SMILES string of the molecule is C=C1CCC(NCCC(N)Cc2cc(F)cc(F)c2)(c2cccc(C(C)(C)C)c2)CC1. The average Bonchev–Trinajstić information content (AvgIpc) is 2.68. The number of allylic oxidation sites excluding steroid dienone is 1. The maximum absolute atomic E-state index is 13.5. The van der Waals surface area contributed by atoms with Gasteiger partial charge in [-0.3, -0.25) is 0 Å². The van der Waals surface area contributed by atoms with E-state index in [1.165, 1.54) is 28.8 Å². The van der Waals surface area contributed by atoms with Crippen LogP contribution in [0.3, 0.4) is 0 Å². The molecule has 0 amide bonds. The Kier molecular flexibility index (Phi) is 7.33. The van der Waals surface area contributed by atoms with Crippen LogP contribution in [0.5, 0.6) is 0 Å². The lowest BCUT2D eigenvalue weighted by atomic mass is 9.73. The zero-order valence-electron chi connectivity index (χ0n) is 19.1. The molecular formula is C27H36F2N2. The van der Waals surface area contributed by atoms with E-state index in [4.69, 9.17) is 5.73 Å². The molecule has 1 atom stereocenters. The van der Waals surface area contributed by atoms with Crippen molar-refractivity contribution in [2.45, 2.75) is 76.3 Å². The van der Waals surface area contributed by atoms with Gasteiger partial charge in [-0.25, -0.2) is 8.78 Å². The van der Waals surface area contributed by atoms with Gasteiger partial charge >= 0.3 is 0 Å². The highest BCUT2D eigenvalue weighted by Gasteiger charge is 2.35. The maximum atomic E-state index is 13.5. The molecule has 2 aromatic carbocycles. The largest absolute Gasteiger partial charge is 0.327 e. The minimum absolute atomic E-state index is 0.0901. The number of hydrogen-bond acceptors (Lipinski definition) is 2. The molecule has 1 aliphatic rings. The molecule has 0 aliphatic heterocycles. The van der Waals surface area contributed by atoms with Crippen molar-refractivity contribution in [1.82, 2.24) is 5.32 Å². The molecule has 1 aliphatic carbocycles. The monoisotopic (exact) mass is 426 g/mol. The number of nitrogens with two attached hydrogens (primary N) is 1. The van der Waals surface area contributed by atoms with Crippen LogP contribution in [0.25, 0.3) is 0 Å². The third-order valence-corrected chi connectivity index (χ3v) is 6.49. The number of hydrogen-bond donors (Lipinski definition) is 2. The smallest absolute Gasteiger partial charge is 0.126 e. The summed E-state index contributed by atoms with van der Waals surface area (Å²) in [6, 6.07) is 12.4. The number of benzene rings is 2. The van der Waals surface area contributed by atoms with E-state index in [1.54, 1.807) is 0 Å². The highest BCUT2D eigenvalue weighted by Crippen LogP contribution is 2.40. The Bertz CT molecular complexity index is 883. The van der Waals surface area contributed by atoms with Crippen molar-refractivity contribution in [3.63, 3.8) is 0 Å². The first-order valence-corrected chi connectivity index (χ1v) is 11.3. The highest BCUT2D eigenvalue weighted by molar-refractivity contribution is 5.34. The summed E-state index contributed by atoms with van der Waals surface area (Å²) in [5.74, 6) is -1.11. The van der Waals surface area contributed by atoms with Gasteiger partial charge in [-0.15, -0.1) is 0 Å². The lowest BCUT2D eigenvalue weighted by molar-refractivity contribution is 0.258. The summed E-state index contributed by atoms with van der Waals surface area (Å²) in [5, 5.41) is 3.82. The van der Waals surface area contributed by atoms with Gasteiger partial charge in [-0.2, -0.15) is 0 Å². The second-order valence-corrected chi connectivity index (χ2v) is 10.1. The van der Waals surface area contributed by atoms with Gasteiger partial charge < -0.3 is 11.1 Å². The van der Waals surface area contributed by atoms with E-state index in [2.05, 4.69) is 56.9 Å². The van der Waals surface area contributed by atoms with Crippen LogP contribution in [0.4, 0.5) is 8.78 Å². The maximum Gasteiger partial charge on any atom is 0.126 e. The van der Waals surface area contributed by atoms with Gasteiger partial charge in [0.2, 0.25) is 0 Å². The zero-order chi connectivity index (χ0) is 22.6. The molecule has 4 heteroatoms. The van der Waals surface area contributed by atoms with Crippen molar-refractivity contribution in [2.24, 2.45) is 5.73 Å². The molecule has 0 aromatic heterocycles. The fraction of sp³-hybridized carbons (Fsp3) is 0.481. The minimum atomic E-state index is -0.555.